The molecule has 2 rings (SSSR count). The molecule has 1 aromatic heterocycles. The summed E-state index contributed by atoms with van der Waals surface area (Å²) in [4.78, 5) is 0. The molecule has 0 fully saturated rings. The van der Waals surface area contributed by atoms with Gasteiger partial charge in [0.2, 0.25) is 0 Å². The second kappa shape index (κ2) is 4.88. The third-order valence-corrected chi connectivity index (χ3v) is 3.08. The summed E-state index contributed by atoms with van der Waals surface area (Å²) in [6.45, 7) is 3.85. The highest BCUT2D eigenvalue weighted by molar-refractivity contribution is 5.37. The first-order valence-electron chi connectivity index (χ1n) is 5.75. The normalized spacial score (nSPS) is 12.7. The number of hydrazine groups is 1. The number of rotatable bonds is 3. The highest BCUT2D eigenvalue weighted by Crippen LogP contribution is 2.26. The van der Waals surface area contributed by atoms with E-state index >= 15 is 0 Å². The van der Waals surface area contributed by atoms with E-state index in [1.807, 2.05) is 27.1 Å². The van der Waals surface area contributed by atoms with Crippen LogP contribution in [0.25, 0.3) is 0 Å². The van der Waals surface area contributed by atoms with Crippen LogP contribution in [0.4, 0.5) is 4.39 Å². The summed E-state index contributed by atoms with van der Waals surface area (Å²) in [7, 11) is 1.85. The molecule has 2 aromatic rings. The smallest absolute Gasteiger partial charge is 0.123 e. The summed E-state index contributed by atoms with van der Waals surface area (Å²) >= 11 is 0. The average Bonchev–Trinajstić information content (AvgIpc) is 2.64. The monoisotopic (exact) mass is 248 g/mol. The van der Waals surface area contributed by atoms with Gasteiger partial charge in [0.05, 0.1) is 11.7 Å². The molecule has 5 heteroatoms. The van der Waals surface area contributed by atoms with Crippen molar-refractivity contribution in [2.24, 2.45) is 12.9 Å². The van der Waals surface area contributed by atoms with Crippen LogP contribution in [0, 0.1) is 19.7 Å². The summed E-state index contributed by atoms with van der Waals surface area (Å²) in [5.74, 6) is 5.36. The number of nitrogens with two attached hydrogens (primary N) is 1. The van der Waals surface area contributed by atoms with E-state index < -0.39 is 0 Å². The van der Waals surface area contributed by atoms with Gasteiger partial charge in [0.1, 0.15) is 5.82 Å². The molecule has 0 saturated heterocycles. The van der Waals surface area contributed by atoms with Crippen molar-refractivity contribution in [2.45, 2.75) is 19.9 Å². The van der Waals surface area contributed by atoms with Crippen molar-refractivity contribution in [3.63, 3.8) is 0 Å². The van der Waals surface area contributed by atoms with Gasteiger partial charge in [-0.05, 0) is 37.1 Å². The number of aryl methyl sites for hydroxylation is 3. The lowest BCUT2D eigenvalue weighted by Crippen LogP contribution is -2.29. The van der Waals surface area contributed by atoms with Crippen molar-refractivity contribution >= 4 is 0 Å². The summed E-state index contributed by atoms with van der Waals surface area (Å²) in [6.07, 6.45) is 1.89. The Morgan fingerprint density at radius 2 is 2.06 bits per heavy atom. The molecule has 96 valence electrons. The predicted octanol–water partition coefficient (Wildman–Crippen LogP) is 1.73. The average molecular weight is 248 g/mol. The summed E-state index contributed by atoms with van der Waals surface area (Å²) in [6, 6.07) is 4.45. The zero-order valence-electron chi connectivity index (χ0n) is 10.7. The van der Waals surface area contributed by atoms with Gasteiger partial charge >= 0.3 is 0 Å². The van der Waals surface area contributed by atoms with Crippen LogP contribution in [0.2, 0.25) is 0 Å². The lowest BCUT2D eigenvalue weighted by atomic mass is 9.96. The summed E-state index contributed by atoms with van der Waals surface area (Å²) in [5.41, 5.74) is 6.38. The molecule has 18 heavy (non-hydrogen) atoms. The van der Waals surface area contributed by atoms with Gasteiger partial charge in [0.15, 0.2) is 0 Å². The van der Waals surface area contributed by atoms with Crippen molar-refractivity contribution in [3.8, 4) is 0 Å². The second-order valence-electron chi connectivity index (χ2n) is 4.44. The molecule has 1 unspecified atom stereocenters. The Morgan fingerprint density at radius 3 is 2.61 bits per heavy atom. The van der Waals surface area contributed by atoms with Crippen molar-refractivity contribution in [1.29, 1.82) is 0 Å². The molecule has 4 nitrogen and oxygen atoms in total. The fraction of sp³-hybridized carbons (Fsp3) is 0.308. The Labute approximate surface area is 106 Å². The molecule has 1 heterocycles. The molecule has 0 aliphatic carbocycles. The third kappa shape index (κ3) is 2.27. The van der Waals surface area contributed by atoms with Crippen LogP contribution >= 0.6 is 0 Å². The molecule has 0 aliphatic rings. The molecular formula is C13H17FN4. The molecule has 0 radical (unpaired) electrons. The van der Waals surface area contributed by atoms with Gasteiger partial charge in [-0.1, -0.05) is 6.07 Å². The van der Waals surface area contributed by atoms with Crippen LogP contribution in [0.15, 0.2) is 24.4 Å². The summed E-state index contributed by atoms with van der Waals surface area (Å²) < 4.78 is 15.1. The largest absolute Gasteiger partial charge is 0.275 e. The Morgan fingerprint density at radius 1 is 1.33 bits per heavy atom. The van der Waals surface area contributed by atoms with Gasteiger partial charge in [0, 0.05) is 18.8 Å². The molecule has 0 saturated carbocycles. The fourth-order valence-electron chi connectivity index (χ4n) is 2.17. The van der Waals surface area contributed by atoms with Crippen molar-refractivity contribution < 1.29 is 4.39 Å². The highest BCUT2D eigenvalue weighted by atomic mass is 19.1. The third-order valence-electron chi connectivity index (χ3n) is 3.08. The highest BCUT2D eigenvalue weighted by Gasteiger charge is 2.19. The predicted molar refractivity (Wildman–Crippen MR) is 68.2 cm³/mol. The Kier molecular flexibility index (Phi) is 3.45. The molecule has 0 amide bonds. The van der Waals surface area contributed by atoms with Crippen molar-refractivity contribution in [3.05, 3.63) is 52.6 Å². The minimum atomic E-state index is -0.266. The number of nitrogens with zero attached hydrogens (tertiary/aromatic N) is 2. The Bertz CT molecular complexity index is 562. The second-order valence-corrected chi connectivity index (χ2v) is 4.44. The maximum absolute atomic E-state index is 13.4. The standard InChI is InChI=1S/C13H17FN4/c1-8-4-5-10(14)6-11(8)13(16-15)12-7-18(3)17-9(12)2/h4-7,13,16H,15H2,1-3H3. The van der Waals surface area contributed by atoms with E-state index in [4.69, 9.17) is 5.84 Å². The zero-order valence-corrected chi connectivity index (χ0v) is 10.7. The van der Waals surface area contributed by atoms with E-state index in [-0.39, 0.29) is 11.9 Å². The van der Waals surface area contributed by atoms with E-state index in [0.717, 1.165) is 22.4 Å². The first-order chi connectivity index (χ1) is 8.52. The quantitative estimate of drug-likeness (QED) is 0.642. The van der Waals surface area contributed by atoms with Crippen LogP contribution < -0.4 is 11.3 Å². The van der Waals surface area contributed by atoms with Crippen LogP contribution in [0.3, 0.4) is 0 Å². The Balaban J connectivity index is 2.51. The van der Waals surface area contributed by atoms with Crippen molar-refractivity contribution in [1.82, 2.24) is 15.2 Å². The Hall–Kier alpha value is -1.72. The lowest BCUT2D eigenvalue weighted by molar-refractivity contribution is 0.601. The molecule has 1 aromatic carbocycles. The molecule has 1 atom stereocenters. The van der Waals surface area contributed by atoms with Crippen LogP contribution in [-0.2, 0) is 7.05 Å². The van der Waals surface area contributed by atoms with E-state index in [0.29, 0.717) is 0 Å². The molecule has 0 aliphatic heterocycles. The van der Waals surface area contributed by atoms with Crippen molar-refractivity contribution in [2.75, 3.05) is 0 Å². The van der Waals surface area contributed by atoms with Crippen LogP contribution in [0.5, 0.6) is 0 Å². The van der Waals surface area contributed by atoms with Crippen LogP contribution in [0.1, 0.15) is 28.4 Å². The van der Waals surface area contributed by atoms with Gasteiger partial charge in [0.25, 0.3) is 0 Å². The summed E-state index contributed by atoms with van der Waals surface area (Å²) in [5, 5.41) is 4.28. The maximum Gasteiger partial charge on any atom is 0.123 e. The fourth-order valence-corrected chi connectivity index (χ4v) is 2.17. The number of benzene rings is 1. The number of hydrogen-bond donors (Lipinski definition) is 2. The first-order valence-corrected chi connectivity index (χ1v) is 5.75. The van der Waals surface area contributed by atoms with Gasteiger partial charge < -0.3 is 0 Å². The number of hydrogen-bond acceptors (Lipinski definition) is 3. The van der Waals surface area contributed by atoms with Gasteiger partial charge in [-0.2, -0.15) is 5.10 Å². The van der Waals surface area contributed by atoms with E-state index in [2.05, 4.69) is 10.5 Å². The van der Waals surface area contributed by atoms with E-state index in [1.165, 1.54) is 12.1 Å². The van der Waals surface area contributed by atoms with E-state index in [1.54, 1.807) is 10.7 Å². The molecule has 3 N–H and O–H groups in total. The lowest BCUT2D eigenvalue weighted by Gasteiger charge is -2.18. The van der Waals surface area contributed by atoms with Gasteiger partial charge in [-0.3, -0.25) is 10.5 Å². The topological polar surface area (TPSA) is 55.9 Å². The van der Waals surface area contributed by atoms with Crippen LogP contribution in [-0.4, -0.2) is 9.78 Å². The zero-order chi connectivity index (χ0) is 13.3. The minimum Gasteiger partial charge on any atom is -0.275 e. The maximum atomic E-state index is 13.4. The molecule has 0 bridgehead atoms. The van der Waals surface area contributed by atoms with Gasteiger partial charge in [-0.15, -0.1) is 0 Å². The number of halogens is 1. The van der Waals surface area contributed by atoms with Gasteiger partial charge in [-0.25, -0.2) is 9.82 Å². The minimum absolute atomic E-state index is 0.255. The first kappa shape index (κ1) is 12.7. The SMILES string of the molecule is Cc1ccc(F)cc1C(NN)c1cn(C)nc1C. The number of aromatic nitrogens is 2. The number of nitrogens with one attached hydrogen (secondary N) is 1. The van der Waals surface area contributed by atoms with E-state index in [9.17, 15) is 4.39 Å². The molecule has 0 spiro atoms. The molecular weight excluding hydrogens is 231 g/mol.